The third kappa shape index (κ3) is 3.62. The average Bonchev–Trinajstić information content (AvgIpc) is 3.32. The fourth-order valence-corrected chi connectivity index (χ4v) is 5.06. The van der Waals surface area contributed by atoms with Gasteiger partial charge in [0, 0.05) is 23.6 Å². The molecule has 0 saturated carbocycles. The van der Waals surface area contributed by atoms with E-state index in [2.05, 4.69) is 25.7 Å². The Morgan fingerprint density at radius 1 is 1.07 bits per heavy atom. The van der Waals surface area contributed by atoms with Gasteiger partial charge in [0.15, 0.2) is 5.78 Å². The van der Waals surface area contributed by atoms with E-state index in [-0.39, 0.29) is 23.8 Å². The Kier molecular flexibility index (Phi) is 5.22. The first kappa shape index (κ1) is 18.8. The number of hydrogen-bond acceptors (Lipinski definition) is 6. The zero-order valence-corrected chi connectivity index (χ0v) is 16.9. The smallest absolute Gasteiger partial charge is 0.312 e. The molecule has 2 saturated heterocycles. The Balaban J connectivity index is 1.71. The standard InChI is InChI=1S/C19H24BrN3O4/c20-14-9-15-17(16(10-14)23(25)26)27-13-19(18(15)24,11-21-5-1-2-6-21)12-22-7-3-4-8-22/h9-10H,1-8,11-13H2. The van der Waals surface area contributed by atoms with Gasteiger partial charge in [-0.05, 0) is 57.9 Å². The van der Waals surface area contributed by atoms with Crippen molar-refractivity contribution in [1.82, 2.24) is 9.80 Å². The summed E-state index contributed by atoms with van der Waals surface area (Å²) >= 11 is 3.32. The lowest BCUT2D eigenvalue weighted by Crippen LogP contribution is -2.54. The maximum Gasteiger partial charge on any atom is 0.312 e. The van der Waals surface area contributed by atoms with Crippen LogP contribution in [0.2, 0.25) is 0 Å². The van der Waals surface area contributed by atoms with E-state index >= 15 is 0 Å². The summed E-state index contributed by atoms with van der Waals surface area (Å²) in [6, 6.07) is 3.08. The van der Waals surface area contributed by atoms with Crippen molar-refractivity contribution >= 4 is 27.4 Å². The molecule has 4 rings (SSSR count). The van der Waals surface area contributed by atoms with Crippen LogP contribution >= 0.6 is 15.9 Å². The van der Waals surface area contributed by atoms with Crippen molar-refractivity contribution in [2.45, 2.75) is 25.7 Å². The molecule has 3 heterocycles. The van der Waals surface area contributed by atoms with Crippen LogP contribution in [0.1, 0.15) is 36.0 Å². The van der Waals surface area contributed by atoms with Gasteiger partial charge in [-0.1, -0.05) is 15.9 Å². The second kappa shape index (κ2) is 7.48. The molecule has 1 aromatic rings. The topological polar surface area (TPSA) is 75.9 Å². The summed E-state index contributed by atoms with van der Waals surface area (Å²) in [6.45, 7) is 5.51. The number of ether oxygens (including phenoxy) is 1. The predicted molar refractivity (Wildman–Crippen MR) is 104 cm³/mol. The van der Waals surface area contributed by atoms with Gasteiger partial charge in [0.2, 0.25) is 5.75 Å². The lowest BCUT2D eigenvalue weighted by atomic mass is 9.77. The molecule has 146 valence electrons. The second-order valence-corrected chi connectivity index (χ2v) is 8.84. The summed E-state index contributed by atoms with van der Waals surface area (Å²) in [5.41, 5.74) is -0.486. The number of nitro groups is 1. The number of likely N-dealkylation sites (tertiary alicyclic amines) is 2. The van der Waals surface area contributed by atoms with E-state index in [0.29, 0.717) is 23.1 Å². The summed E-state index contributed by atoms with van der Waals surface area (Å²) in [5.74, 6) is 0.0959. The van der Waals surface area contributed by atoms with Gasteiger partial charge in [-0.2, -0.15) is 0 Å². The van der Waals surface area contributed by atoms with Gasteiger partial charge < -0.3 is 14.5 Å². The molecule has 3 aliphatic heterocycles. The molecule has 1 aromatic carbocycles. The number of rotatable bonds is 5. The number of ketones is 1. The van der Waals surface area contributed by atoms with Gasteiger partial charge >= 0.3 is 5.69 Å². The predicted octanol–water partition coefficient (Wildman–Crippen LogP) is 3.11. The zero-order valence-electron chi connectivity index (χ0n) is 15.3. The van der Waals surface area contributed by atoms with E-state index in [0.717, 1.165) is 51.9 Å². The number of Topliss-reactive ketones (excluding diaryl/α,β-unsaturated/α-hetero) is 1. The van der Waals surface area contributed by atoms with E-state index in [9.17, 15) is 14.9 Å². The highest BCUT2D eigenvalue weighted by Crippen LogP contribution is 2.43. The largest absolute Gasteiger partial charge is 0.485 e. The van der Waals surface area contributed by atoms with Crippen molar-refractivity contribution in [3.63, 3.8) is 0 Å². The number of carbonyl (C=O) groups excluding carboxylic acids is 1. The lowest BCUT2D eigenvalue weighted by Gasteiger charge is -2.41. The molecule has 0 aromatic heterocycles. The van der Waals surface area contributed by atoms with Gasteiger partial charge in [-0.15, -0.1) is 0 Å². The summed E-state index contributed by atoms with van der Waals surface area (Å²) < 4.78 is 6.47. The second-order valence-electron chi connectivity index (χ2n) is 7.92. The van der Waals surface area contributed by atoms with Crippen molar-refractivity contribution in [3.8, 4) is 5.75 Å². The molecule has 0 N–H and O–H groups in total. The molecule has 0 radical (unpaired) electrons. The minimum Gasteiger partial charge on any atom is -0.485 e. The maximum absolute atomic E-state index is 13.7. The first-order valence-electron chi connectivity index (χ1n) is 9.59. The van der Waals surface area contributed by atoms with Crippen LogP contribution in [-0.2, 0) is 0 Å². The number of fused-ring (bicyclic) bond motifs is 1. The molecule has 8 heteroatoms. The molecule has 0 atom stereocenters. The summed E-state index contributed by atoms with van der Waals surface area (Å²) in [4.78, 5) is 29.3. The lowest BCUT2D eigenvalue weighted by molar-refractivity contribution is -0.386. The monoisotopic (exact) mass is 437 g/mol. The molecular weight excluding hydrogens is 414 g/mol. The highest BCUT2D eigenvalue weighted by molar-refractivity contribution is 9.10. The Hall–Kier alpha value is -1.51. The molecule has 0 aliphatic carbocycles. The average molecular weight is 438 g/mol. The van der Waals surface area contributed by atoms with Crippen LogP contribution in [0.15, 0.2) is 16.6 Å². The van der Waals surface area contributed by atoms with Gasteiger partial charge in [0.05, 0.1) is 15.9 Å². The SMILES string of the molecule is O=C1c2cc(Br)cc([N+](=O)[O-])c2OCC1(CN1CCCC1)CN1CCCC1. The van der Waals surface area contributed by atoms with Crippen LogP contribution in [0.25, 0.3) is 0 Å². The normalized spacial score (nSPS) is 22.6. The molecule has 3 aliphatic rings. The van der Waals surface area contributed by atoms with Crippen LogP contribution in [0, 0.1) is 15.5 Å². The van der Waals surface area contributed by atoms with Crippen LogP contribution < -0.4 is 4.74 Å². The first-order valence-corrected chi connectivity index (χ1v) is 10.4. The molecule has 0 unspecified atom stereocenters. The van der Waals surface area contributed by atoms with Crippen LogP contribution in [-0.4, -0.2) is 66.4 Å². The molecule has 0 bridgehead atoms. The van der Waals surface area contributed by atoms with Crippen LogP contribution in [0.3, 0.4) is 0 Å². The van der Waals surface area contributed by atoms with Crippen molar-refractivity contribution in [1.29, 1.82) is 0 Å². The molecule has 0 spiro atoms. The number of nitrogens with zero attached hydrogens (tertiary/aromatic N) is 3. The molecular formula is C19H24BrN3O4. The van der Waals surface area contributed by atoms with E-state index < -0.39 is 10.3 Å². The van der Waals surface area contributed by atoms with Crippen molar-refractivity contribution in [2.24, 2.45) is 5.41 Å². The van der Waals surface area contributed by atoms with E-state index in [1.807, 2.05) is 0 Å². The summed E-state index contributed by atoms with van der Waals surface area (Å²) in [6.07, 6.45) is 4.62. The zero-order chi connectivity index (χ0) is 19.0. The fourth-order valence-electron chi connectivity index (χ4n) is 4.62. The summed E-state index contributed by atoms with van der Waals surface area (Å²) in [7, 11) is 0. The van der Waals surface area contributed by atoms with E-state index in [4.69, 9.17) is 4.74 Å². The van der Waals surface area contributed by atoms with Crippen molar-refractivity contribution in [2.75, 3.05) is 45.9 Å². The summed E-state index contributed by atoms with van der Waals surface area (Å²) in [5, 5.41) is 11.4. The number of halogens is 1. The molecule has 0 amide bonds. The maximum atomic E-state index is 13.7. The highest BCUT2D eigenvalue weighted by atomic mass is 79.9. The quantitative estimate of drug-likeness (QED) is 0.520. The van der Waals surface area contributed by atoms with Gasteiger partial charge in [-0.3, -0.25) is 14.9 Å². The van der Waals surface area contributed by atoms with Crippen LogP contribution in [0.4, 0.5) is 5.69 Å². The minimum atomic E-state index is -0.670. The Morgan fingerprint density at radius 2 is 1.63 bits per heavy atom. The molecule has 7 nitrogen and oxygen atoms in total. The minimum absolute atomic E-state index is 0.0213. The Morgan fingerprint density at radius 3 is 2.15 bits per heavy atom. The van der Waals surface area contributed by atoms with Crippen molar-refractivity contribution < 1.29 is 14.5 Å². The third-order valence-electron chi connectivity index (χ3n) is 5.90. The Labute approximate surface area is 166 Å². The molecule has 2 fully saturated rings. The third-order valence-corrected chi connectivity index (χ3v) is 6.36. The number of nitro benzene ring substituents is 1. The van der Waals surface area contributed by atoms with Crippen LogP contribution in [0.5, 0.6) is 5.75 Å². The van der Waals surface area contributed by atoms with E-state index in [1.54, 1.807) is 6.07 Å². The Bertz CT molecular complexity index is 740. The highest BCUT2D eigenvalue weighted by Gasteiger charge is 2.48. The first-order chi connectivity index (χ1) is 13.0. The van der Waals surface area contributed by atoms with E-state index in [1.165, 1.54) is 6.07 Å². The van der Waals surface area contributed by atoms with Gasteiger partial charge in [-0.25, -0.2) is 0 Å². The molecule has 27 heavy (non-hydrogen) atoms. The fraction of sp³-hybridized carbons (Fsp3) is 0.632. The number of benzene rings is 1. The number of hydrogen-bond donors (Lipinski definition) is 0. The van der Waals surface area contributed by atoms with Gasteiger partial charge in [0.1, 0.15) is 6.61 Å². The van der Waals surface area contributed by atoms with Gasteiger partial charge in [0.25, 0.3) is 0 Å². The number of carbonyl (C=O) groups is 1. The van der Waals surface area contributed by atoms with Crippen molar-refractivity contribution in [3.05, 3.63) is 32.3 Å².